The molecule has 0 saturated carbocycles. The molecule has 1 aliphatic rings. The molecule has 3 aromatic rings. The van der Waals surface area contributed by atoms with E-state index >= 15 is 0 Å². The van der Waals surface area contributed by atoms with Crippen molar-refractivity contribution >= 4 is 5.97 Å². The minimum Gasteiger partial charge on any atom is -0.478 e. The first kappa shape index (κ1) is 17.4. The largest absolute Gasteiger partial charge is 0.478 e. The lowest BCUT2D eigenvalue weighted by molar-refractivity contribution is 0.0691. The highest BCUT2D eigenvalue weighted by Gasteiger charge is 2.29. The van der Waals surface area contributed by atoms with Crippen molar-refractivity contribution in [3.8, 4) is 11.4 Å². The van der Waals surface area contributed by atoms with Crippen LogP contribution in [0.1, 0.15) is 40.3 Å². The van der Waals surface area contributed by atoms with Gasteiger partial charge in [0.25, 0.3) is 0 Å². The Morgan fingerprint density at radius 1 is 1.22 bits per heavy atom. The van der Waals surface area contributed by atoms with E-state index in [9.17, 15) is 14.3 Å². The molecule has 1 atom stereocenters. The van der Waals surface area contributed by atoms with Crippen molar-refractivity contribution in [1.82, 2.24) is 15.0 Å². The number of carboxylic acid groups (broad SMARTS) is 1. The Morgan fingerprint density at radius 2 is 2.00 bits per heavy atom. The van der Waals surface area contributed by atoms with Gasteiger partial charge in [0.05, 0.1) is 11.6 Å². The molecule has 27 heavy (non-hydrogen) atoms. The number of hydrogen-bond donors (Lipinski definition) is 1. The van der Waals surface area contributed by atoms with Gasteiger partial charge in [-0.05, 0) is 36.6 Å². The molecule has 0 saturated heterocycles. The van der Waals surface area contributed by atoms with Gasteiger partial charge in [-0.3, -0.25) is 4.90 Å². The normalized spacial score (nSPS) is 15.3. The number of aromatic nitrogens is 2. The topological polar surface area (TPSA) is 79.5 Å². The molecule has 6 nitrogen and oxygen atoms in total. The van der Waals surface area contributed by atoms with E-state index in [-0.39, 0.29) is 17.4 Å². The molecular formula is C20H18FN3O3. The molecule has 0 spiro atoms. The fourth-order valence-electron chi connectivity index (χ4n) is 3.45. The summed E-state index contributed by atoms with van der Waals surface area (Å²) in [6.45, 7) is 2.82. The monoisotopic (exact) mass is 367 g/mol. The van der Waals surface area contributed by atoms with Gasteiger partial charge in [-0.25, -0.2) is 9.18 Å². The number of benzene rings is 2. The number of fused-ring (bicyclic) bond motifs is 1. The third-order valence-corrected chi connectivity index (χ3v) is 4.99. The van der Waals surface area contributed by atoms with Crippen LogP contribution in [0.25, 0.3) is 11.4 Å². The first-order chi connectivity index (χ1) is 13.0. The zero-order valence-electron chi connectivity index (χ0n) is 14.7. The Kier molecular flexibility index (Phi) is 4.45. The van der Waals surface area contributed by atoms with Gasteiger partial charge < -0.3 is 9.63 Å². The number of carboxylic acids is 1. The predicted molar refractivity (Wildman–Crippen MR) is 95.6 cm³/mol. The van der Waals surface area contributed by atoms with E-state index in [1.54, 1.807) is 0 Å². The lowest BCUT2D eigenvalue weighted by atomic mass is 9.93. The van der Waals surface area contributed by atoms with Crippen molar-refractivity contribution < 1.29 is 18.8 Å². The first-order valence-corrected chi connectivity index (χ1v) is 8.71. The highest BCUT2D eigenvalue weighted by molar-refractivity contribution is 5.89. The average molecular weight is 367 g/mol. The van der Waals surface area contributed by atoms with Crippen LogP contribution < -0.4 is 0 Å². The summed E-state index contributed by atoms with van der Waals surface area (Å²) in [5, 5.41) is 13.5. The molecule has 0 aliphatic carbocycles. The minimum atomic E-state index is -1.05. The molecule has 1 aromatic heterocycles. The molecule has 2 aromatic carbocycles. The first-order valence-electron chi connectivity index (χ1n) is 8.71. The number of hydrogen-bond acceptors (Lipinski definition) is 5. The molecule has 0 bridgehead atoms. The fourth-order valence-corrected chi connectivity index (χ4v) is 3.45. The second kappa shape index (κ2) is 6.92. The fraction of sp³-hybridized carbons (Fsp3) is 0.250. The van der Waals surface area contributed by atoms with Crippen LogP contribution in [0.4, 0.5) is 4.39 Å². The van der Waals surface area contributed by atoms with Crippen LogP contribution in [0, 0.1) is 5.82 Å². The minimum absolute atomic E-state index is 0.138. The van der Waals surface area contributed by atoms with Gasteiger partial charge in [-0.1, -0.05) is 35.5 Å². The Hall–Kier alpha value is -3.06. The SMILES string of the molecule is CC(c1nc(-c2ccccc2)no1)N1CCc2c(F)ccc(C(=O)O)c2C1. The van der Waals surface area contributed by atoms with E-state index in [4.69, 9.17) is 4.52 Å². The van der Waals surface area contributed by atoms with E-state index in [0.717, 1.165) is 5.56 Å². The lowest BCUT2D eigenvalue weighted by Crippen LogP contribution is -2.34. The maximum absolute atomic E-state index is 14.1. The predicted octanol–water partition coefficient (Wildman–Crippen LogP) is 3.69. The Bertz CT molecular complexity index is 987. The second-order valence-corrected chi connectivity index (χ2v) is 6.58. The molecular weight excluding hydrogens is 349 g/mol. The number of rotatable bonds is 4. The number of halogens is 1. The zero-order chi connectivity index (χ0) is 19.0. The van der Waals surface area contributed by atoms with Crippen LogP contribution in [-0.2, 0) is 13.0 Å². The van der Waals surface area contributed by atoms with Crippen LogP contribution in [0.2, 0.25) is 0 Å². The second-order valence-electron chi connectivity index (χ2n) is 6.58. The number of aromatic carboxylic acids is 1. The van der Waals surface area contributed by atoms with Crippen molar-refractivity contribution in [2.75, 3.05) is 6.54 Å². The van der Waals surface area contributed by atoms with Crippen molar-refractivity contribution in [3.05, 3.63) is 70.9 Å². The van der Waals surface area contributed by atoms with Crippen LogP contribution in [0.3, 0.4) is 0 Å². The van der Waals surface area contributed by atoms with Crippen molar-refractivity contribution in [2.24, 2.45) is 0 Å². The zero-order valence-corrected chi connectivity index (χ0v) is 14.7. The third-order valence-electron chi connectivity index (χ3n) is 4.99. The Labute approximate surface area is 155 Å². The number of carbonyl (C=O) groups is 1. The molecule has 0 radical (unpaired) electrons. The van der Waals surface area contributed by atoms with E-state index in [0.29, 0.717) is 42.4 Å². The van der Waals surface area contributed by atoms with Crippen molar-refractivity contribution in [2.45, 2.75) is 25.9 Å². The molecule has 2 heterocycles. The van der Waals surface area contributed by atoms with Gasteiger partial charge in [0, 0.05) is 18.7 Å². The van der Waals surface area contributed by atoms with Gasteiger partial charge in [-0.2, -0.15) is 4.98 Å². The summed E-state index contributed by atoms with van der Waals surface area (Å²) in [5.41, 5.74) is 2.00. The van der Waals surface area contributed by atoms with Crippen molar-refractivity contribution in [1.29, 1.82) is 0 Å². The highest BCUT2D eigenvalue weighted by Crippen LogP contribution is 2.31. The summed E-state index contributed by atoms with van der Waals surface area (Å²) in [4.78, 5) is 18.0. The van der Waals surface area contributed by atoms with Gasteiger partial charge in [0.2, 0.25) is 11.7 Å². The quantitative estimate of drug-likeness (QED) is 0.758. The molecule has 7 heteroatoms. The van der Waals surface area contributed by atoms with Crippen LogP contribution in [-0.4, -0.2) is 32.7 Å². The van der Waals surface area contributed by atoms with Crippen LogP contribution in [0.15, 0.2) is 47.0 Å². The molecule has 1 aliphatic heterocycles. The summed E-state index contributed by atoms with van der Waals surface area (Å²) in [5.74, 6) is -0.450. The van der Waals surface area contributed by atoms with Crippen LogP contribution >= 0.6 is 0 Å². The van der Waals surface area contributed by atoms with Gasteiger partial charge >= 0.3 is 5.97 Å². The summed E-state index contributed by atoms with van der Waals surface area (Å²) in [6.07, 6.45) is 0.437. The summed E-state index contributed by atoms with van der Waals surface area (Å²) in [6, 6.07) is 11.9. The average Bonchev–Trinajstić information content (AvgIpc) is 3.18. The third kappa shape index (κ3) is 3.21. The molecule has 138 valence electrons. The highest BCUT2D eigenvalue weighted by atomic mass is 19.1. The molecule has 1 N–H and O–H groups in total. The van der Waals surface area contributed by atoms with Crippen LogP contribution in [0.5, 0.6) is 0 Å². The number of nitrogens with zero attached hydrogens (tertiary/aromatic N) is 3. The van der Waals surface area contributed by atoms with E-state index < -0.39 is 5.97 Å². The maximum Gasteiger partial charge on any atom is 0.336 e. The lowest BCUT2D eigenvalue weighted by Gasteiger charge is -2.32. The summed E-state index contributed by atoms with van der Waals surface area (Å²) in [7, 11) is 0. The van der Waals surface area contributed by atoms with E-state index in [1.807, 2.05) is 42.2 Å². The molecule has 0 amide bonds. The molecule has 1 unspecified atom stereocenters. The van der Waals surface area contributed by atoms with Gasteiger partial charge in [0.15, 0.2) is 0 Å². The Morgan fingerprint density at radius 3 is 2.74 bits per heavy atom. The van der Waals surface area contributed by atoms with E-state index in [1.165, 1.54) is 12.1 Å². The smallest absolute Gasteiger partial charge is 0.336 e. The Balaban J connectivity index is 1.60. The summed E-state index contributed by atoms with van der Waals surface area (Å²) < 4.78 is 19.5. The van der Waals surface area contributed by atoms with Gasteiger partial charge in [-0.15, -0.1) is 0 Å². The maximum atomic E-state index is 14.1. The standard InChI is InChI=1S/C20H18FN3O3/c1-12(19-22-18(23-27-19)13-5-3-2-4-6-13)24-10-9-14-16(11-24)15(20(25)26)7-8-17(14)21/h2-8,12H,9-11H2,1H3,(H,25,26). The molecule has 4 rings (SSSR count). The van der Waals surface area contributed by atoms with Crippen molar-refractivity contribution in [3.63, 3.8) is 0 Å². The molecule has 0 fully saturated rings. The van der Waals surface area contributed by atoms with E-state index in [2.05, 4.69) is 10.1 Å². The summed E-state index contributed by atoms with van der Waals surface area (Å²) >= 11 is 0. The van der Waals surface area contributed by atoms with Gasteiger partial charge in [0.1, 0.15) is 5.82 Å².